The fourth-order valence-corrected chi connectivity index (χ4v) is 4.35. The number of aromatic nitrogens is 1. The van der Waals surface area contributed by atoms with Crippen molar-refractivity contribution in [1.29, 1.82) is 0 Å². The molecule has 2 amide bonds. The van der Waals surface area contributed by atoms with Crippen LogP contribution in [-0.4, -0.2) is 36.1 Å². The van der Waals surface area contributed by atoms with Crippen molar-refractivity contribution in [3.8, 4) is 22.8 Å². The maximum absolute atomic E-state index is 12.8. The zero-order valence-electron chi connectivity index (χ0n) is 16.5. The van der Waals surface area contributed by atoms with Crippen molar-refractivity contribution in [3.05, 3.63) is 46.0 Å². The van der Waals surface area contributed by atoms with Gasteiger partial charge in [0.15, 0.2) is 16.6 Å². The van der Waals surface area contributed by atoms with Crippen molar-refractivity contribution in [2.24, 2.45) is 5.92 Å². The molecule has 0 saturated heterocycles. The summed E-state index contributed by atoms with van der Waals surface area (Å²) in [5, 5.41) is 9.82. The Morgan fingerprint density at radius 3 is 2.63 bits per heavy atom. The number of carbonyl (C=O) groups is 2. The lowest BCUT2D eigenvalue weighted by atomic mass is 10.0. The molecule has 0 fully saturated rings. The van der Waals surface area contributed by atoms with Crippen molar-refractivity contribution in [2.45, 2.75) is 19.9 Å². The Balaban J connectivity index is 1.45. The first-order valence-electron chi connectivity index (χ1n) is 9.52. The topological polar surface area (TPSA) is 89.6 Å². The van der Waals surface area contributed by atoms with Crippen LogP contribution in [0.1, 0.15) is 23.5 Å². The second-order valence-corrected chi connectivity index (χ2v) is 8.86. The summed E-state index contributed by atoms with van der Waals surface area (Å²) in [6, 6.07) is 8.52. The zero-order valence-corrected chi connectivity index (χ0v) is 18.1. The number of amides is 2. The molecule has 0 aliphatic carbocycles. The van der Waals surface area contributed by atoms with Gasteiger partial charge in [-0.1, -0.05) is 19.9 Å². The lowest BCUT2D eigenvalue weighted by Crippen LogP contribution is -2.46. The Labute approximate surface area is 182 Å². The van der Waals surface area contributed by atoms with Crippen LogP contribution >= 0.6 is 22.7 Å². The molecule has 1 unspecified atom stereocenters. The van der Waals surface area contributed by atoms with Gasteiger partial charge in [-0.25, -0.2) is 4.98 Å². The van der Waals surface area contributed by atoms with Gasteiger partial charge in [0.2, 0.25) is 5.91 Å². The molecule has 0 saturated carbocycles. The molecule has 2 N–H and O–H groups in total. The van der Waals surface area contributed by atoms with Crippen molar-refractivity contribution >= 4 is 39.6 Å². The number of rotatable bonds is 6. The molecule has 1 aromatic carbocycles. The van der Waals surface area contributed by atoms with Crippen LogP contribution in [0.2, 0.25) is 0 Å². The van der Waals surface area contributed by atoms with Crippen molar-refractivity contribution < 1.29 is 19.1 Å². The predicted molar refractivity (Wildman–Crippen MR) is 118 cm³/mol. The molecule has 9 heteroatoms. The number of anilines is 1. The van der Waals surface area contributed by atoms with Crippen LogP contribution in [0, 0.1) is 5.92 Å². The summed E-state index contributed by atoms with van der Waals surface area (Å²) in [6.45, 7) is 4.84. The van der Waals surface area contributed by atoms with Gasteiger partial charge in [0.05, 0.1) is 10.6 Å². The first kappa shape index (κ1) is 20.4. The second-order valence-electron chi connectivity index (χ2n) is 7.06. The number of carbonyl (C=O) groups excluding carboxylic acids is 2. The molecule has 156 valence electrons. The average Bonchev–Trinajstić information content (AvgIpc) is 3.43. The third kappa shape index (κ3) is 4.47. The molecular formula is C21H21N3O4S2. The molecule has 4 rings (SSSR count). The Morgan fingerprint density at radius 2 is 1.90 bits per heavy atom. The summed E-state index contributed by atoms with van der Waals surface area (Å²) in [4.78, 5) is 30.3. The van der Waals surface area contributed by atoms with Crippen LogP contribution in [0.3, 0.4) is 0 Å². The third-order valence-electron chi connectivity index (χ3n) is 4.55. The summed E-state index contributed by atoms with van der Waals surface area (Å²) in [6.07, 6.45) is 0. The van der Waals surface area contributed by atoms with E-state index in [1.54, 1.807) is 12.1 Å². The molecule has 0 spiro atoms. The van der Waals surface area contributed by atoms with E-state index in [0.29, 0.717) is 29.0 Å². The Kier molecular flexibility index (Phi) is 6.01. The summed E-state index contributed by atoms with van der Waals surface area (Å²) < 4.78 is 11.2. The first-order chi connectivity index (χ1) is 14.5. The van der Waals surface area contributed by atoms with E-state index < -0.39 is 6.04 Å². The van der Waals surface area contributed by atoms with E-state index in [1.807, 2.05) is 42.8 Å². The summed E-state index contributed by atoms with van der Waals surface area (Å²) in [5.74, 6) is 0.780. The van der Waals surface area contributed by atoms with E-state index in [9.17, 15) is 9.59 Å². The standard InChI is InChI=1S/C21H21N3O4S2/c1-12(2)18(23-19(25)17-4-3-9-29-17)20(26)24-21-22-14(11-30-21)13-5-6-15-16(10-13)28-8-7-27-15/h3-6,9-12,18H,7-8H2,1-2H3,(H,23,25)(H,22,24,26). The van der Waals surface area contributed by atoms with Gasteiger partial charge in [-0.3, -0.25) is 9.59 Å². The number of nitrogens with one attached hydrogen (secondary N) is 2. The van der Waals surface area contributed by atoms with E-state index in [0.717, 1.165) is 17.0 Å². The van der Waals surface area contributed by atoms with Crippen LogP contribution in [0.5, 0.6) is 11.5 Å². The van der Waals surface area contributed by atoms with Crippen LogP contribution in [0.25, 0.3) is 11.3 Å². The summed E-state index contributed by atoms with van der Waals surface area (Å²) >= 11 is 2.67. The minimum atomic E-state index is -0.666. The lowest BCUT2D eigenvalue weighted by Gasteiger charge is -2.20. The molecule has 2 aromatic heterocycles. The second kappa shape index (κ2) is 8.85. The number of benzene rings is 1. The highest BCUT2D eigenvalue weighted by Crippen LogP contribution is 2.35. The van der Waals surface area contributed by atoms with Crippen LogP contribution < -0.4 is 20.1 Å². The Bertz CT molecular complexity index is 1050. The van der Waals surface area contributed by atoms with Gasteiger partial charge in [-0.2, -0.15) is 0 Å². The number of nitrogens with zero attached hydrogens (tertiary/aromatic N) is 1. The Hall–Kier alpha value is -2.91. The molecular weight excluding hydrogens is 422 g/mol. The third-order valence-corrected chi connectivity index (χ3v) is 6.18. The highest BCUT2D eigenvalue weighted by molar-refractivity contribution is 7.14. The van der Waals surface area contributed by atoms with Gasteiger partial charge < -0.3 is 20.1 Å². The largest absolute Gasteiger partial charge is 0.486 e. The molecule has 30 heavy (non-hydrogen) atoms. The molecule has 3 aromatic rings. The molecule has 1 aliphatic heterocycles. The van der Waals surface area contributed by atoms with Crippen molar-refractivity contribution in [3.63, 3.8) is 0 Å². The maximum Gasteiger partial charge on any atom is 0.262 e. The van der Waals surface area contributed by atoms with Gasteiger partial charge in [0, 0.05) is 10.9 Å². The van der Waals surface area contributed by atoms with E-state index in [-0.39, 0.29) is 17.7 Å². The van der Waals surface area contributed by atoms with E-state index in [1.165, 1.54) is 22.7 Å². The Morgan fingerprint density at radius 1 is 1.10 bits per heavy atom. The minimum absolute atomic E-state index is 0.0776. The van der Waals surface area contributed by atoms with E-state index in [4.69, 9.17) is 9.47 Å². The van der Waals surface area contributed by atoms with Gasteiger partial charge in [-0.15, -0.1) is 22.7 Å². The smallest absolute Gasteiger partial charge is 0.262 e. The molecule has 1 aliphatic rings. The molecule has 0 radical (unpaired) electrons. The average molecular weight is 444 g/mol. The van der Waals surface area contributed by atoms with Crippen molar-refractivity contribution in [1.82, 2.24) is 10.3 Å². The fraction of sp³-hybridized carbons (Fsp3) is 0.286. The molecule has 0 bridgehead atoms. The van der Waals surface area contributed by atoms with Crippen molar-refractivity contribution in [2.75, 3.05) is 18.5 Å². The maximum atomic E-state index is 12.8. The van der Waals surface area contributed by atoms with Gasteiger partial charge in [-0.05, 0) is 35.6 Å². The van der Waals surface area contributed by atoms with Crippen LogP contribution in [0.15, 0.2) is 41.1 Å². The highest BCUT2D eigenvalue weighted by Gasteiger charge is 2.26. The lowest BCUT2D eigenvalue weighted by molar-refractivity contribution is -0.118. The van der Waals surface area contributed by atoms with Gasteiger partial charge in [0.1, 0.15) is 19.3 Å². The SMILES string of the molecule is CC(C)C(NC(=O)c1cccs1)C(=O)Nc1nc(-c2ccc3c(c2)OCCO3)cs1. The zero-order chi connectivity index (χ0) is 21.1. The number of thiophene rings is 1. The number of ether oxygens (including phenoxy) is 2. The van der Waals surface area contributed by atoms with E-state index in [2.05, 4.69) is 15.6 Å². The fourth-order valence-electron chi connectivity index (χ4n) is 3.00. The number of hydrogen-bond acceptors (Lipinski definition) is 7. The first-order valence-corrected chi connectivity index (χ1v) is 11.3. The number of fused-ring (bicyclic) bond motifs is 1. The molecule has 1 atom stereocenters. The highest BCUT2D eigenvalue weighted by atomic mass is 32.1. The minimum Gasteiger partial charge on any atom is -0.486 e. The number of hydrogen-bond donors (Lipinski definition) is 2. The summed E-state index contributed by atoms with van der Waals surface area (Å²) in [5.41, 5.74) is 1.61. The molecule has 7 nitrogen and oxygen atoms in total. The monoisotopic (exact) mass is 443 g/mol. The van der Waals surface area contributed by atoms with Crippen LogP contribution in [0.4, 0.5) is 5.13 Å². The molecule has 3 heterocycles. The summed E-state index contributed by atoms with van der Waals surface area (Å²) in [7, 11) is 0. The van der Waals surface area contributed by atoms with Gasteiger partial charge in [0.25, 0.3) is 5.91 Å². The quantitative estimate of drug-likeness (QED) is 0.600. The normalized spacial score (nSPS) is 13.7. The van der Waals surface area contributed by atoms with E-state index >= 15 is 0 Å². The number of thiazole rings is 1. The van der Waals surface area contributed by atoms with Gasteiger partial charge >= 0.3 is 0 Å². The van der Waals surface area contributed by atoms with Crippen LogP contribution in [-0.2, 0) is 4.79 Å². The predicted octanol–water partition coefficient (Wildman–Crippen LogP) is 4.04.